The van der Waals surface area contributed by atoms with Gasteiger partial charge >= 0.3 is 0 Å². The quantitative estimate of drug-likeness (QED) is 0.140. The van der Waals surface area contributed by atoms with E-state index in [0.717, 1.165) is 34.1 Å². The van der Waals surface area contributed by atoms with Crippen molar-refractivity contribution in [1.29, 1.82) is 0 Å². The first-order valence-corrected chi connectivity index (χ1v) is 27.1. The van der Waals surface area contributed by atoms with E-state index in [9.17, 15) is 0 Å². The topological polar surface area (TPSA) is 6.48 Å². The minimum Gasteiger partial charge on any atom is -0.310 e. The van der Waals surface area contributed by atoms with E-state index in [0.29, 0.717) is 0 Å². The molecular formula is C73H50N2S. The number of hydrogen-bond acceptors (Lipinski definition) is 3. The van der Waals surface area contributed by atoms with Crippen LogP contribution in [0, 0.1) is 0 Å². The molecule has 0 amide bonds. The van der Waals surface area contributed by atoms with Gasteiger partial charge in [-0.1, -0.05) is 202 Å². The van der Waals surface area contributed by atoms with Crippen LogP contribution >= 0.6 is 11.3 Å². The highest BCUT2D eigenvalue weighted by atomic mass is 32.1. The van der Waals surface area contributed by atoms with E-state index in [2.05, 4.69) is 291 Å². The summed E-state index contributed by atoms with van der Waals surface area (Å²) < 4.78 is 2.64. The molecule has 13 aromatic carbocycles. The molecule has 1 heterocycles. The van der Waals surface area contributed by atoms with E-state index in [-0.39, 0.29) is 5.41 Å². The van der Waals surface area contributed by atoms with Crippen molar-refractivity contribution in [3.05, 3.63) is 278 Å². The van der Waals surface area contributed by atoms with Gasteiger partial charge in [0, 0.05) is 65.0 Å². The maximum atomic E-state index is 2.49. The molecule has 1 aliphatic carbocycles. The van der Waals surface area contributed by atoms with Gasteiger partial charge in [0.15, 0.2) is 0 Å². The number of para-hydroxylation sites is 2. The van der Waals surface area contributed by atoms with Crippen LogP contribution in [0.1, 0.15) is 25.0 Å². The third-order valence-corrected chi connectivity index (χ3v) is 17.4. The van der Waals surface area contributed by atoms with E-state index in [1.165, 1.54) is 108 Å². The highest BCUT2D eigenvalue weighted by Gasteiger charge is 2.37. The van der Waals surface area contributed by atoms with Crippen molar-refractivity contribution in [3.63, 3.8) is 0 Å². The lowest BCUT2D eigenvalue weighted by Crippen LogP contribution is -2.17. The Morgan fingerprint density at radius 2 is 0.737 bits per heavy atom. The summed E-state index contributed by atoms with van der Waals surface area (Å²) in [4.78, 5) is 4.86. The molecule has 0 fully saturated rings. The molecule has 1 aliphatic rings. The summed E-state index contributed by atoms with van der Waals surface area (Å²) in [6.45, 7) is 4.79. The second-order valence-electron chi connectivity index (χ2n) is 20.8. The number of hydrogen-bond donors (Lipinski definition) is 0. The first-order chi connectivity index (χ1) is 37.5. The molecule has 14 aromatic rings. The Kier molecular flexibility index (Phi) is 10.1. The smallest absolute Gasteiger partial charge is 0.0540 e. The summed E-state index contributed by atoms with van der Waals surface area (Å²) in [6.07, 6.45) is 0. The van der Waals surface area contributed by atoms with Crippen molar-refractivity contribution < 1.29 is 0 Å². The Labute approximate surface area is 446 Å². The Morgan fingerprint density at radius 1 is 0.276 bits per heavy atom. The molecule has 76 heavy (non-hydrogen) atoms. The van der Waals surface area contributed by atoms with Crippen LogP contribution < -0.4 is 9.80 Å². The van der Waals surface area contributed by atoms with Gasteiger partial charge in [0.05, 0.1) is 5.69 Å². The normalized spacial score (nSPS) is 12.7. The zero-order valence-electron chi connectivity index (χ0n) is 42.2. The molecule has 0 spiro atoms. The average Bonchev–Trinajstić information content (AvgIpc) is 4.11. The maximum absolute atomic E-state index is 2.49. The highest BCUT2D eigenvalue weighted by Crippen LogP contribution is 2.54. The van der Waals surface area contributed by atoms with E-state index in [4.69, 9.17) is 0 Å². The number of anilines is 6. The van der Waals surface area contributed by atoms with Gasteiger partial charge in [-0.05, 0) is 156 Å². The zero-order chi connectivity index (χ0) is 50.5. The largest absolute Gasteiger partial charge is 0.310 e. The lowest BCUT2D eigenvalue weighted by atomic mass is 9.82. The van der Waals surface area contributed by atoms with E-state index in [1.54, 1.807) is 0 Å². The molecule has 0 saturated heterocycles. The number of nitrogens with zero attached hydrogens (tertiary/aromatic N) is 2. The lowest BCUT2D eigenvalue weighted by Gasteiger charge is -2.30. The third kappa shape index (κ3) is 6.93. The third-order valence-electron chi connectivity index (χ3n) is 16.2. The molecule has 2 nitrogen and oxygen atoms in total. The Morgan fingerprint density at radius 3 is 1.37 bits per heavy atom. The van der Waals surface area contributed by atoms with Gasteiger partial charge in [0.25, 0.3) is 0 Å². The van der Waals surface area contributed by atoms with Crippen LogP contribution in [0.15, 0.2) is 267 Å². The van der Waals surface area contributed by atoms with Crippen molar-refractivity contribution in [2.75, 3.05) is 9.80 Å². The molecular weight excluding hydrogens is 937 g/mol. The standard InChI is InChI=1S/C73H50N2S/c1-73(2)68-45-52(74(49-18-5-3-6-19-49)50-20-7-4-8-21-50)37-40-61(68)62-41-38-53(46-69(62)73)75(70-43-42-59(57-25-13-14-27-63(57)70)65-29-17-30-66-64-28-15-16-31-71(64)76-72(65)66)51-35-32-47(33-36-51)48-34-39-60-56-24-10-9-22-54(56)55-23-11-12-26-58(55)67(60)44-48/h3-46H,1-2H3. The van der Waals surface area contributed by atoms with E-state index < -0.39 is 0 Å². The summed E-state index contributed by atoms with van der Waals surface area (Å²) in [5.41, 5.74) is 16.6. The number of benzene rings is 13. The Hall–Kier alpha value is -9.28. The fourth-order valence-electron chi connectivity index (χ4n) is 12.6. The van der Waals surface area contributed by atoms with Crippen LogP contribution in [0.2, 0.25) is 0 Å². The summed E-state index contributed by atoms with van der Waals surface area (Å²) >= 11 is 1.89. The van der Waals surface area contributed by atoms with Gasteiger partial charge in [-0.15, -0.1) is 11.3 Å². The highest BCUT2D eigenvalue weighted by molar-refractivity contribution is 7.26. The molecule has 15 rings (SSSR count). The minimum absolute atomic E-state index is 0.286. The van der Waals surface area contributed by atoms with Crippen LogP contribution in [0.3, 0.4) is 0 Å². The van der Waals surface area contributed by atoms with Crippen molar-refractivity contribution in [1.82, 2.24) is 0 Å². The van der Waals surface area contributed by atoms with Gasteiger partial charge in [0.2, 0.25) is 0 Å². The summed E-state index contributed by atoms with van der Waals surface area (Å²) in [5.74, 6) is 0. The molecule has 0 bridgehead atoms. The fraction of sp³-hybridized carbons (Fsp3) is 0.0411. The Bertz CT molecular complexity index is 4530. The molecule has 3 heteroatoms. The summed E-state index contributed by atoms with van der Waals surface area (Å²) in [5, 5.41) is 12.7. The lowest BCUT2D eigenvalue weighted by molar-refractivity contribution is 0.660. The van der Waals surface area contributed by atoms with Crippen molar-refractivity contribution in [2.24, 2.45) is 0 Å². The van der Waals surface area contributed by atoms with Crippen molar-refractivity contribution in [3.8, 4) is 33.4 Å². The number of fused-ring (bicyclic) bond motifs is 13. The van der Waals surface area contributed by atoms with Crippen LogP contribution in [0.25, 0.3) is 96.6 Å². The zero-order valence-corrected chi connectivity index (χ0v) is 43.0. The Balaban J connectivity index is 0.884. The van der Waals surface area contributed by atoms with Gasteiger partial charge in [-0.25, -0.2) is 0 Å². The maximum Gasteiger partial charge on any atom is 0.0540 e. The molecule has 0 saturated carbocycles. The monoisotopic (exact) mass is 986 g/mol. The summed E-state index contributed by atoms with van der Waals surface area (Å²) in [7, 11) is 0. The molecule has 1 aromatic heterocycles. The molecule has 0 aliphatic heterocycles. The minimum atomic E-state index is -0.286. The van der Waals surface area contributed by atoms with Gasteiger partial charge < -0.3 is 9.80 Å². The SMILES string of the molecule is CC1(C)c2cc(N(c3ccccc3)c3ccccc3)ccc2-c2ccc(N(c3ccc(-c4ccc5c6ccccc6c6ccccc6c5c4)cc3)c3ccc(-c4cccc5c4sc4ccccc45)c4ccccc34)cc21. The number of rotatable bonds is 8. The second-order valence-corrected chi connectivity index (χ2v) is 21.8. The van der Waals surface area contributed by atoms with Gasteiger partial charge in [-0.2, -0.15) is 0 Å². The van der Waals surface area contributed by atoms with Crippen LogP contribution in [-0.2, 0) is 5.41 Å². The predicted octanol–water partition coefficient (Wildman–Crippen LogP) is 21.2. The fourth-order valence-corrected chi connectivity index (χ4v) is 13.8. The molecule has 0 N–H and O–H groups in total. The predicted molar refractivity (Wildman–Crippen MR) is 327 cm³/mol. The molecule has 0 unspecified atom stereocenters. The van der Waals surface area contributed by atoms with Crippen molar-refractivity contribution in [2.45, 2.75) is 19.3 Å². The van der Waals surface area contributed by atoms with Crippen LogP contribution in [-0.4, -0.2) is 0 Å². The van der Waals surface area contributed by atoms with E-state index >= 15 is 0 Å². The number of thiophene rings is 1. The summed E-state index contributed by atoms with van der Waals surface area (Å²) in [6, 6.07) is 98.9. The molecule has 358 valence electrons. The van der Waals surface area contributed by atoms with Crippen molar-refractivity contribution >= 4 is 109 Å². The molecule has 0 radical (unpaired) electrons. The first kappa shape index (κ1) is 44.2. The van der Waals surface area contributed by atoms with Gasteiger partial charge in [0.1, 0.15) is 0 Å². The first-order valence-electron chi connectivity index (χ1n) is 26.3. The second kappa shape index (κ2) is 17.4. The van der Waals surface area contributed by atoms with Crippen LogP contribution in [0.4, 0.5) is 34.1 Å². The average molecular weight is 987 g/mol. The van der Waals surface area contributed by atoms with E-state index in [1.807, 2.05) is 11.3 Å². The van der Waals surface area contributed by atoms with Gasteiger partial charge in [-0.3, -0.25) is 0 Å². The van der Waals surface area contributed by atoms with Crippen LogP contribution in [0.5, 0.6) is 0 Å². The molecule has 0 atom stereocenters.